The number of carboxylic acids is 1. The van der Waals surface area contributed by atoms with Crippen LogP contribution in [0.5, 0.6) is 0 Å². The lowest BCUT2D eigenvalue weighted by atomic mass is 9.86. The first-order chi connectivity index (χ1) is 8.75. The zero-order valence-electron chi connectivity index (χ0n) is 10.6. The number of carbonyl (C=O) groups is 1. The molecule has 2 N–H and O–H groups in total. The van der Waals surface area contributed by atoms with Gasteiger partial charge < -0.3 is 10.4 Å². The summed E-state index contributed by atoms with van der Waals surface area (Å²) in [4.78, 5) is 11.0. The topological polar surface area (TPSA) is 49.3 Å². The monoisotopic (exact) mass is 247 g/mol. The van der Waals surface area contributed by atoms with E-state index in [4.69, 9.17) is 5.11 Å². The molecular weight excluding hydrogens is 226 g/mol. The van der Waals surface area contributed by atoms with Crippen molar-refractivity contribution >= 4 is 5.97 Å². The van der Waals surface area contributed by atoms with Crippen LogP contribution in [0, 0.1) is 5.92 Å². The molecule has 3 heteroatoms. The van der Waals surface area contributed by atoms with Crippen LogP contribution in [0.1, 0.15) is 31.2 Å². The van der Waals surface area contributed by atoms with Gasteiger partial charge in [-0.25, -0.2) is 0 Å². The number of hydrogen-bond acceptors (Lipinski definition) is 2. The Balaban J connectivity index is 1.72. The van der Waals surface area contributed by atoms with Crippen LogP contribution in [0.15, 0.2) is 30.3 Å². The lowest BCUT2D eigenvalue weighted by Gasteiger charge is -2.27. The lowest BCUT2D eigenvalue weighted by molar-refractivity contribution is -0.143. The van der Waals surface area contributed by atoms with Crippen molar-refractivity contribution in [2.75, 3.05) is 6.54 Å². The average Bonchev–Trinajstić information content (AvgIpc) is 2.40. The van der Waals surface area contributed by atoms with Crippen LogP contribution < -0.4 is 5.32 Å². The fourth-order valence-electron chi connectivity index (χ4n) is 2.66. The van der Waals surface area contributed by atoms with E-state index in [0.29, 0.717) is 6.04 Å². The largest absolute Gasteiger partial charge is 0.481 e. The van der Waals surface area contributed by atoms with Crippen LogP contribution in [0.2, 0.25) is 0 Å². The van der Waals surface area contributed by atoms with Gasteiger partial charge in [-0.2, -0.15) is 0 Å². The van der Waals surface area contributed by atoms with Gasteiger partial charge in [-0.1, -0.05) is 36.8 Å². The molecule has 1 aromatic carbocycles. The van der Waals surface area contributed by atoms with Crippen molar-refractivity contribution in [3.8, 4) is 0 Å². The third-order valence-electron chi connectivity index (χ3n) is 3.71. The highest BCUT2D eigenvalue weighted by Gasteiger charge is 2.26. The molecule has 2 unspecified atom stereocenters. The van der Waals surface area contributed by atoms with Crippen molar-refractivity contribution in [2.45, 2.75) is 38.1 Å². The second-order valence-corrected chi connectivity index (χ2v) is 5.09. The Labute approximate surface area is 108 Å². The molecule has 0 aromatic heterocycles. The normalized spacial score (nSPS) is 23.8. The summed E-state index contributed by atoms with van der Waals surface area (Å²) in [5.74, 6) is -0.780. The van der Waals surface area contributed by atoms with Gasteiger partial charge in [0, 0.05) is 6.04 Å². The van der Waals surface area contributed by atoms with E-state index in [9.17, 15) is 4.79 Å². The lowest BCUT2D eigenvalue weighted by Crippen LogP contribution is -2.37. The molecule has 1 fully saturated rings. The third-order valence-corrected chi connectivity index (χ3v) is 3.71. The van der Waals surface area contributed by atoms with Gasteiger partial charge in [0.1, 0.15) is 0 Å². The minimum Gasteiger partial charge on any atom is -0.481 e. The van der Waals surface area contributed by atoms with E-state index in [1.54, 1.807) is 0 Å². The number of nitrogens with one attached hydrogen (secondary N) is 1. The summed E-state index contributed by atoms with van der Waals surface area (Å²) in [6.07, 6.45) is 4.77. The second kappa shape index (κ2) is 6.55. The minimum absolute atomic E-state index is 0.145. The van der Waals surface area contributed by atoms with Crippen molar-refractivity contribution in [3.05, 3.63) is 35.9 Å². The van der Waals surface area contributed by atoms with Crippen molar-refractivity contribution in [2.24, 2.45) is 5.92 Å². The maximum atomic E-state index is 11.0. The molecule has 1 aromatic rings. The van der Waals surface area contributed by atoms with Crippen molar-refractivity contribution in [1.82, 2.24) is 5.32 Å². The number of aliphatic carboxylic acids is 1. The Morgan fingerprint density at radius 2 is 2.06 bits per heavy atom. The molecule has 3 nitrogen and oxygen atoms in total. The Morgan fingerprint density at radius 3 is 2.78 bits per heavy atom. The van der Waals surface area contributed by atoms with E-state index in [0.717, 1.165) is 38.6 Å². The van der Waals surface area contributed by atoms with Gasteiger partial charge >= 0.3 is 5.97 Å². The van der Waals surface area contributed by atoms with Gasteiger partial charge in [0.2, 0.25) is 0 Å². The highest BCUT2D eigenvalue weighted by molar-refractivity contribution is 5.70. The molecule has 1 saturated carbocycles. The molecule has 0 aliphatic heterocycles. The minimum atomic E-state index is -0.635. The van der Waals surface area contributed by atoms with Gasteiger partial charge in [-0.05, 0) is 37.8 Å². The molecule has 2 rings (SSSR count). The fourth-order valence-corrected chi connectivity index (χ4v) is 2.66. The summed E-state index contributed by atoms with van der Waals surface area (Å²) in [5, 5.41) is 12.5. The Bertz CT molecular complexity index is 377. The quantitative estimate of drug-likeness (QED) is 0.840. The molecule has 0 radical (unpaired) electrons. The standard InChI is InChI=1S/C15H21NO2/c17-15(18)13-7-4-8-14(11-13)16-10-9-12-5-2-1-3-6-12/h1-3,5-6,13-14,16H,4,7-11H2,(H,17,18). The Kier molecular flexibility index (Phi) is 4.76. The molecule has 0 bridgehead atoms. The summed E-state index contributed by atoms with van der Waals surface area (Å²) < 4.78 is 0. The molecule has 98 valence electrons. The van der Waals surface area contributed by atoms with E-state index in [1.165, 1.54) is 5.56 Å². The van der Waals surface area contributed by atoms with Crippen LogP contribution in [0.4, 0.5) is 0 Å². The maximum Gasteiger partial charge on any atom is 0.306 e. The summed E-state index contributed by atoms with van der Waals surface area (Å²) >= 11 is 0. The smallest absolute Gasteiger partial charge is 0.306 e. The van der Waals surface area contributed by atoms with Gasteiger partial charge in [0.05, 0.1) is 5.92 Å². The molecule has 0 heterocycles. The first-order valence-electron chi connectivity index (χ1n) is 6.76. The van der Waals surface area contributed by atoms with Crippen molar-refractivity contribution in [3.63, 3.8) is 0 Å². The average molecular weight is 247 g/mol. The zero-order chi connectivity index (χ0) is 12.8. The van der Waals surface area contributed by atoms with E-state index in [2.05, 4.69) is 29.6 Å². The first kappa shape index (κ1) is 13.1. The first-order valence-corrected chi connectivity index (χ1v) is 6.76. The van der Waals surface area contributed by atoms with E-state index < -0.39 is 5.97 Å². The third kappa shape index (κ3) is 3.84. The highest BCUT2D eigenvalue weighted by atomic mass is 16.4. The number of rotatable bonds is 5. The molecule has 0 spiro atoms. The number of hydrogen-bond donors (Lipinski definition) is 2. The number of benzene rings is 1. The van der Waals surface area contributed by atoms with Crippen LogP contribution >= 0.6 is 0 Å². The molecule has 18 heavy (non-hydrogen) atoms. The predicted octanol–water partition coefficient (Wildman–Crippen LogP) is 2.46. The SMILES string of the molecule is O=C(O)C1CCCC(NCCc2ccccc2)C1. The highest BCUT2D eigenvalue weighted by Crippen LogP contribution is 2.24. The van der Waals surface area contributed by atoms with Gasteiger partial charge in [-0.3, -0.25) is 4.79 Å². The van der Waals surface area contributed by atoms with Crippen LogP contribution in [0.25, 0.3) is 0 Å². The van der Waals surface area contributed by atoms with Crippen molar-refractivity contribution in [1.29, 1.82) is 0 Å². The zero-order valence-corrected chi connectivity index (χ0v) is 10.6. The summed E-state index contributed by atoms with van der Waals surface area (Å²) in [6, 6.07) is 10.8. The number of carboxylic acid groups (broad SMARTS) is 1. The summed E-state index contributed by atoms with van der Waals surface area (Å²) in [5.41, 5.74) is 1.33. The van der Waals surface area contributed by atoms with Gasteiger partial charge in [0.25, 0.3) is 0 Å². The van der Waals surface area contributed by atoms with E-state index in [-0.39, 0.29) is 5.92 Å². The van der Waals surface area contributed by atoms with Crippen LogP contribution in [0.3, 0.4) is 0 Å². The van der Waals surface area contributed by atoms with Crippen LogP contribution in [-0.4, -0.2) is 23.7 Å². The fraction of sp³-hybridized carbons (Fsp3) is 0.533. The summed E-state index contributed by atoms with van der Waals surface area (Å²) in [7, 11) is 0. The van der Waals surface area contributed by atoms with Crippen LogP contribution in [-0.2, 0) is 11.2 Å². The molecular formula is C15H21NO2. The van der Waals surface area contributed by atoms with Gasteiger partial charge in [0.15, 0.2) is 0 Å². The van der Waals surface area contributed by atoms with E-state index >= 15 is 0 Å². The molecule has 1 aliphatic carbocycles. The molecule has 2 atom stereocenters. The van der Waals surface area contributed by atoms with Gasteiger partial charge in [-0.15, -0.1) is 0 Å². The Hall–Kier alpha value is -1.35. The Morgan fingerprint density at radius 1 is 1.28 bits per heavy atom. The predicted molar refractivity (Wildman–Crippen MR) is 71.5 cm³/mol. The maximum absolute atomic E-state index is 11.0. The molecule has 0 amide bonds. The van der Waals surface area contributed by atoms with E-state index in [1.807, 2.05) is 6.07 Å². The molecule has 1 aliphatic rings. The molecule has 0 saturated heterocycles. The van der Waals surface area contributed by atoms with Crippen molar-refractivity contribution < 1.29 is 9.90 Å². The summed E-state index contributed by atoms with van der Waals surface area (Å²) in [6.45, 7) is 0.932. The second-order valence-electron chi connectivity index (χ2n) is 5.09.